The second-order valence-electron chi connectivity index (χ2n) is 4.83. The molecular formula is C16H20P2S. The molecule has 19 heavy (non-hydrogen) atoms. The fourth-order valence-electron chi connectivity index (χ4n) is 1.94. The molecule has 0 spiro atoms. The second-order valence-corrected chi connectivity index (χ2v) is 10.5. The maximum absolute atomic E-state index is 2.33. The van der Waals surface area contributed by atoms with E-state index in [9.17, 15) is 0 Å². The Morgan fingerprint density at radius 2 is 1.00 bits per heavy atom. The third kappa shape index (κ3) is 3.82. The SMILES string of the molecule is CP(C)c1ccccc1Sc1ccccc1P(C)C. The highest BCUT2D eigenvalue weighted by Gasteiger charge is 2.10. The number of benzene rings is 2. The molecular weight excluding hydrogens is 286 g/mol. The van der Waals surface area contributed by atoms with Crippen LogP contribution in [0, 0.1) is 0 Å². The average Bonchev–Trinajstić information content (AvgIpc) is 2.39. The summed E-state index contributed by atoms with van der Waals surface area (Å²) in [5.41, 5.74) is 0. The van der Waals surface area contributed by atoms with Gasteiger partial charge in [-0.05, 0) is 49.4 Å². The molecule has 2 aromatic rings. The van der Waals surface area contributed by atoms with Gasteiger partial charge in [-0.3, -0.25) is 0 Å². The van der Waals surface area contributed by atoms with Crippen molar-refractivity contribution in [1.29, 1.82) is 0 Å². The molecule has 2 aromatic carbocycles. The molecule has 0 fully saturated rings. The topological polar surface area (TPSA) is 0 Å². The van der Waals surface area contributed by atoms with Gasteiger partial charge in [-0.2, -0.15) is 0 Å². The van der Waals surface area contributed by atoms with E-state index in [1.807, 2.05) is 11.8 Å². The van der Waals surface area contributed by atoms with Crippen LogP contribution in [0.15, 0.2) is 58.3 Å². The molecule has 0 aliphatic rings. The van der Waals surface area contributed by atoms with Crippen LogP contribution in [0.25, 0.3) is 0 Å². The first-order valence-corrected chi connectivity index (χ1v) is 11.6. The van der Waals surface area contributed by atoms with Crippen molar-refractivity contribution in [2.45, 2.75) is 9.79 Å². The molecule has 3 heteroatoms. The Hall–Kier alpha value is -0.350. The molecule has 0 heterocycles. The lowest BCUT2D eigenvalue weighted by atomic mass is 10.4. The molecule has 0 bridgehead atoms. The average molecular weight is 306 g/mol. The smallest absolute Gasteiger partial charge is 0.0199 e. The maximum atomic E-state index is 2.33. The van der Waals surface area contributed by atoms with Crippen molar-refractivity contribution in [2.75, 3.05) is 26.7 Å². The highest BCUT2D eigenvalue weighted by Crippen LogP contribution is 2.37. The van der Waals surface area contributed by atoms with Gasteiger partial charge in [0.05, 0.1) is 0 Å². The quantitative estimate of drug-likeness (QED) is 0.746. The molecule has 2 rings (SSSR count). The van der Waals surface area contributed by atoms with E-state index in [2.05, 4.69) is 75.2 Å². The summed E-state index contributed by atoms with van der Waals surface area (Å²) in [5.74, 6) is 0. The van der Waals surface area contributed by atoms with Crippen LogP contribution in [0.2, 0.25) is 0 Å². The van der Waals surface area contributed by atoms with Gasteiger partial charge in [0.2, 0.25) is 0 Å². The first kappa shape index (κ1) is 15.0. The zero-order valence-electron chi connectivity index (χ0n) is 11.9. The predicted molar refractivity (Wildman–Crippen MR) is 93.8 cm³/mol. The first-order valence-electron chi connectivity index (χ1n) is 6.30. The van der Waals surface area contributed by atoms with E-state index < -0.39 is 0 Å². The van der Waals surface area contributed by atoms with E-state index in [0.29, 0.717) is 0 Å². The minimum absolute atomic E-state index is 0.0531. The van der Waals surface area contributed by atoms with Crippen molar-refractivity contribution < 1.29 is 0 Å². The lowest BCUT2D eigenvalue weighted by Gasteiger charge is -2.16. The standard InChI is InChI=1S/C16H20P2S/c1-17(2)13-9-5-7-11-15(13)19-16-12-8-6-10-14(16)18(3)4/h5-12H,1-4H3. The Morgan fingerprint density at radius 1 is 0.632 bits per heavy atom. The van der Waals surface area contributed by atoms with Gasteiger partial charge in [0, 0.05) is 9.79 Å². The summed E-state index contributed by atoms with van der Waals surface area (Å²) < 4.78 is 0. The molecule has 0 unspecified atom stereocenters. The van der Waals surface area contributed by atoms with Gasteiger partial charge < -0.3 is 0 Å². The predicted octanol–water partition coefficient (Wildman–Crippen LogP) is 4.57. The Bertz CT molecular complexity index is 500. The molecule has 0 atom stereocenters. The van der Waals surface area contributed by atoms with Crippen molar-refractivity contribution in [1.82, 2.24) is 0 Å². The molecule has 0 aliphatic carbocycles. The summed E-state index contributed by atoms with van der Waals surface area (Å²) in [7, 11) is -0.106. The van der Waals surface area contributed by atoms with Gasteiger partial charge >= 0.3 is 0 Å². The minimum atomic E-state index is -0.0531. The summed E-state index contributed by atoms with van der Waals surface area (Å²) >= 11 is 1.93. The Balaban J connectivity index is 2.37. The molecule has 0 aromatic heterocycles. The van der Waals surface area contributed by atoms with Crippen molar-refractivity contribution in [3.8, 4) is 0 Å². The summed E-state index contributed by atoms with van der Waals surface area (Å²) in [6.07, 6.45) is 0. The van der Waals surface area contributed by atoms with Crippen LogP contribution in [0.3, 0.4) is 0 Å². The van der Waals surface area contributed by atoms with Crippen LogP contribution < -0.4 is 10.6 Å². The van der Waals surface area contributed by atoms with Gasteiger partial charge in [-0.25, -0.2) is 0 Å². The largest absolute Gasteiger partial charge is 0.0888 e. The van der Waals surface area contributed by atoms with Crippen LogP contribution in [0.4, 0.5) is 0 Å². The first-order chi connectivity index (χ1) is 9.09. The highest BCUT2D eigenvalue weighted by molar-refractivity contribution is 8.00. The van der Waals surface area contributed by atoms with Gasteiger partial charge in [-0.15, -0.1) is 0 Å². The summed E-state index contributed by atoms with van der Waals surface area (Å²) in [4.78, 5) is 2.84. The molecule has 0 saturated carbocycles. The summed E-state index contributed by atoms with van der Waals surface area (Å²) in [6.45, 7) is 9.31. The van der Waals surface area contributed by atoms with Gasteiger partial charge in [0.25, 0.3) is 0 Å². The fourth-order valence-corrected chi connectivity index (χ4v) is 5.99. The number of rotatable bonds is 4. The molecule has 0 nitrogen and oxygen atoms in total. The van der Waals surface area contributed by atoms with E-state index >= 15 is 0 Å². The fraction of sp³-hybridized carbons (Fsp3) is 0.250. The third-order valence-corrected chi connectivity index (χ3v) is 7.08. The molecule has 100 valence electrons. The summed E-state index contributed by atoms with van der Waals surface area (Å²) in [6, 6.07) is 17.7. The normalized spacial score (nSPS) is 11.3. The van der Waals surface area contributed by atoms with Gasteiger partial charge in [0.1, 0.15) is 0 Å². The Labute approximate surface area is 123 Å². The Morgan fingerprint density at radius 3 is 1.37 bits per heavy atom. The number of hydrogen-bond donors (Lipinski definition) is 0. The zero-order valence-corrected chi connectivity index (χ0v) is 14.5. The molecule has 0 N–H and O–H groups in total. The van der Waals surface area contributed by atoms with Crippen LogP contribution in [0.1, 0.15) is 0 Å². The highest BCUT2D eigenvalue weighted by atomic mass is 32.2. The second kappa shape index (κ2) is 6.89. The third-order valence-electron chi connectivity index (χ3n) is 2.91. The number of hydrogen-bond acceptors (Lipinski definition) is 1. The monoisotopic (exact) mass is 306 g/mol. The maximum Gasteiger partial charge on any atom is 0.0199 e. The van der Waals surface area contributed by atoms with Crippen molar-refractivity contribution in [2.24, 2.45) is 0 Å². The van der Waals surface area contributed by atoms with E-state index in [1.54, 1.807) is 0 Å². The van der Waals surface area contributed by atoms with Crippen LogP contribution >= 0.6 is 27.6 Å². The minimum Gasteiger partial charge on any atom is -0.0888 e. The molecule has 0 saturated heterocycles. The van der Waals surface area contributed by atoms with E-state index in [4.69, 9.17) is 0 Å². The van der Waals surface area contributed by atoms with Crippen molar-refractivity contribution in [3.63, 3.8) is 0 Å². The molecule has 0 amide bonds. The zero-order chi connectivity index (χ0) is 13.8. The van der Waals surface area contributed by atoms with Gasteiger partial charge in [-0.1, -0.05) is 64.0 Å². The van der Waals surface area contributed by atoms with Crippen molar-refractivity contribution in [3.05, 3.63) is 48.5 Å². The lowest BCUT2D eigenvalue weighted by Crippen LogP contribution is -2.06. The van der Waals surface area contributed by atoms with Gasteiger partial charge in [0.15, 0.2) is 0 Å². The Kier molecular flexibility index (Phi) is 5.46. The lowest BCUT2D eigenvalue weighted by molar-refractivity contribution is 1.47. The van der Waals surface area contributed by atoms with Crippen molar-refractivity contribution >= 4 is 38.2 Å². The van der Waals surface area contributed by atoms with E-state index in [-0.39, 0.29) is 15.8 Å². The molecule has 0 aliphatic heterocycles. The van der Waals surface area contributed by atoms with E-state index in [1.165, 1.54) is 20.4 Å². The van der Waals surface area contributed by atoms with Crippen LogP contribution in [-0.4, -0.2) is 26.7 Å². The summed E-state index contributed by atoms with van der Waals surface area (Å²) in [5, 5.41) is 3.02. The van der Waals surface area contributed by atoms with Crippen LogP contribution in [-0.2, 0) is 0 Å². The van der Waals surface area contributed by atoms with E-state index in [0.717, 1.165) is 0 Å². The van der Waals surface area contributed by atoms with Crippen LogP contribution in [0.5, 0.6) is 0 Å². The molecule has 0 radical (unpaired) electrons.